The van der Waals surface area contributed by atoms with E-state index in [1.54, 1.807) is 6.92 Å². The molecule has 8 N–H and O–H groups in total. The minimum absolute atomic E-state index is 0.205. The van der Waals surface area contributed by atoms with Gasteiger partial charge in [-0.15, -0.1) is 0 Å². The zero-order chi connectivity index (χ0) is 23.5. The number of aromatic nitrogens is 2. The van der Waals surface area contributed by atoms with E-state index in [0.717, 1.165) is 0 Å². The smallest absolute Gasteiger partial charge is 0.394 e. The molecule has 0 aromatic carbocycles. The molecule has 2 rings (SSSR count). The van der Waals surface area contributed by atoms with Crippen molar-refractivity contribution in [2.24, 2.45) is 0 Å². The molecule has 1 aromatic rings. The molecule has 174 valence electrons. The molecule has 1 aromatic heterocycles. The fourth-order valence-electron chi connectivity index (χ4n) is 2.13. The van der Waals surface area contributed by atoms with Gasteiger partial charge in [-0.05, 0) is 6.92 Å². The molecule has 1 saturated heterocycles. The molecule has 1 aliphatic heterocycles. The summed E-state index contributed by atoms with van der Waals surface area (Å²) in [5.74, 6) is 0. The van der Waals surface area contributed by atoms with Crippen molar-refractivity contribution in [3.8, 4) is 0 Å². The van der Waals surface area contributed by atoms with E-state index in [2.05, 4.69) is 13.6 Å². The number of aliphatic hydroxyl groups excluding tert-OH is 2. The Hall–Kier alpha value is -1.03. The fraction of sp³-hybridized carbons (Fsp3) is 0.600. The average Bonchev–Trinajstić information content (AvgIpc) is 2.87. The third kappa shape index (κ3) is 8.99. The Morgan fingerprint density at radius 2 is 1.63 bits per heavy atom. The van der Waals surface area contributed by atoms with Crippen molar-refractivity contribution < 1.29 is 61.7 Å². The second-order valence-electron chi connectivity index (χ2n) is 5.71. The van der Waals surface area contributed by atoms with Crippen molar-refractivity contribution >= 4 is 23.5 Å². The van der Waals surface area contributed by atoms with Gasteiger partial charge in [0.1, 0.15) is 12.3 Å². The number of ether oxygens (including phenoxy) is 1. The van der Waals surface area contributed by atoms with Crippen molar-refractivity contribution in [1.82, 2.24) is 9.55 Å². The van der Waals surface area contributed by atoms with Crippen molar-refractivity contribution in [1.29, 1.82) is 0 Å². The first-order chi connectivity index (χ1) is 13.4. The zero-order valence-electron chi connectivity index (χ0n) is 14.9. The predicted octanol–water partition coefficient (Wildman–Crippen LogP) is -2.21. The van der Waals surface area contributed by atoms with Crippen molar-refractivity contribution in [2.45, 2.75) is 31.8 Å². The van der Waals surface area contributed by atoms with E-state index in [-0.39, 0.29) is 13.0 Å². The van der Waals surface area contributed by atoms with E-state index in [0.29, 0.717) is 5.56 Å². The number of phosphoric acid groups is 3. The van der Waals surface area contributed by atoms with E-state index in [9.17, 15) is 28.4 Å². The van der Waals surface area contributed by atoms with Crippen LogP contribution in [0.1, 0.15) is 18.2 Å². The summed E-state index contributed by atoms with van der Waals surface area (Å²) in [6, 6.07) is 0. The summed E-state index contributed by atoms with van der Waals surface area (Å²) in [4.78, 5) is 65.1. The largest absolute Gasteiger partial charge is 0.490 e. The Morgan fingerprint density at radius 3 is 2.03 bits per heavy atom. The van der Waals surface area contributed by atoms with Gasteiger partial charge in [0.25, 0.3) is 5.56 Å². The van der Waals surface area contributed by atoms with Crippen molar-refractivity contribution in [3.63, 3.8) is 0 Å². The maximum absolute atomic E-state index is 11.6. The number of H-pyrrole nitrogens is 1. The van der Waals surface area contributed by atoms with Crippen LogP contribution in [-0.2, 0) is 27.1 Å². The third-order valence-electron chi connectivity index (χ3n) is 3.26. The Balaban J connectivity index is 0.000000314. The molecule has 0 bridgehead atoms. The highest BCUT2D eigenvalue weighted by atomic mass is 31.3. The first-order valence-corrected chi connectivity index (χ1v) is 12.1. The Bertz CT molecular complexity index is 963. The second kappa shape index (κ2) is 10.1. The van der Waals surface area contributed by atoms with E-state index in [1.807, 2.05) is 0 Å². The first-order valence-electron chi connectivity index (χ1n) is 7.57. The Morgan fingerprint density at radius 1 is 1.13 bits per heavy atom. The van der Waals surface area contributed by atoms with Gasteiger partial charge in [-0.3, -0.25) is 14.3 Å². The van der Waals surface area contributed by atoms with Gasteiger partial charge in [-0.2, -0.15) is 8.62 Å². The number of aliphatic hydroxyl groups is 2. The molecule has 0 unspecified atom stereocenters. The van der Waals surface area contributed by atoms with Gasteiger partial charge in [0.15, 0.2) is 0 Å². The number of hydrogen-bond acceptors (Lipinski definition) is 10. The summed E-state index contributed by atoms with van der Waals surface area (Å²) in [7, 11) is -16.2. The fourth-order valence-corrected chi connectivity index (χ4v) is 4.67. The van der Waals surface area contributed by atoms with E-state index in [4.69, 9.17) is 34.3 Å². The molecular formula is C10H19N2O15P3. The first kappa shape index (κ1) is 27.0. The summed E-state index contributed by atoms with van der Waals surface area (Å²) in [5, 5.41) is 18.5. The number of nitrogens with zero attached hydrogens (tertiary/aromatic N) is 1. The average molecular weight is 500 g/mol. The number of hydrogen-bond donors (Lipinski definition) is 8. The molecule has 0 aliphatic carbocycles. The van der Waals surface area contributed by atoms with Crippen LogP contribution in [0, 0.1) is 6.92 Å². The van der Waals surface area contributed by atoms with Gasteiger partial charge in [-0.25, -0.2) is 18.5 Å². The van der Waals surface area contributed by atoms with Crippen molar-refractivity contribution in [3.05, 3.63) is 32.6 Å². The van der Waals surface area contributed by atoms with Crippen LogP contribution in [0.2, 0.25) is 0 Å². The number of nitrogens with one attached hydrogen (secondary N) is 1. The molecule has 0 spiro atoms. The molecule has 17 nitrogen and oxygen atoms in total. The topological polar surface area (TPSA) is 275 Å². The van der Waals surface area contributed by atoms with Gasteiger partial charge in [0.2, 0.25) is 0 Å². The third-order valence-corrected chi connectivity index (χ3v) is 6.61. The molecule has 1 aliphatic rings. The molecule has 0 radical (unpaired) electrons. The van der Waals surface area contributed by atoms with Crippen molar-refractivity contribution in [2.75, 3.05) is 6.61 Å². The van der Waals surface area contributed by atoms with E-state index < -0.39 is 53.2 Å². The van der Waals surface area contributed by atoms with E-state index in [1.165, 1.54) is 10.8 Å². The monoisotopic (exact) mass is 500 g/mol. The minimum Gasteiger partial charge on any atom is -0.394 e. The highest BCUT2D eigenvalue weighted by molar-refractivity contribution is 7.66. The van der Waals surface area contributed by atoms with Crippen LogP contribution in [-0.4, -0.2) is 63.0 Å². The van der Waals surface area contributed by atoms with Crippen LogP contribution >= 0.6 is 23.5 Å². The molecule has 2 heterocycles. The van der Waals surface area contributed by atoms with Gasteiger partial charge in [0.05, 0.1) is 12.7 Å². The normalized spacial score (nSPS) is 22.5. The highest BCUT2D eigenvalue weighted by Crippen LogP contribution is 2.64. The van der Waals surface area contributed by atoms with Gasteiger partial charge in [-0.1, -0.05) is 0 Å². The minimum atomic E-state index is -5.46. The van der Waals surface area contributed by atoms with Crippen LogP contribution < -0.4 is 11.2 Å². The number of aromatic amines is 1. The van der Waals surface area contributed by atoms with Gasteiger partial charge in [0, 0.05) is 18.2 Å². The lowest BCUT2D eigenvalue weighted by Gasteiger charge is -2.14. The molecule has 0 amide bonds. The summed E-state index contributed by atoms with van der Waals surface area (Å²) in [6.07, 6.45) is -0.581. The summed E-state index contributed by atoms with van der Waals surface area (Å²) in [6.45, 7) is 1.26. The number of aryl methyl sites for hydroxylation is 1. The second-order valence-corrected chi connectivity index (χ2v) is 9.91. The standard InChI is InChI=1S/C10H14N2O5.H5O10P3/c1-5-3-12(10(16)11-9(5)15)8-2-6(14)7(4-13)17-8;1-11(2,3)9-13(7,8)10-12(4,5)6/h3,6-8,13-14H,2,4H2,1H3,(H,11,15,16);(H,7,8)(H2,1,2,3)(H2,4,5,6)/t6-,7+,8+;/m0./s1. The molecule has 3 atom stereocenters. The summed E-state index contributed by atoms with van der Waals surface area (Å²) in [5.41, 5.74) is -0.643. The van der Waals surface area contributed by atoms with Gasteiger partial charge >= 0.3 is 29.2 Å². The van der Waals surface area contributed by atoms with Crippen LogP contribution in [0.5, 0.6) is 0 Å². The molecular weight excluding hydrogens is 481 g/mol. The van der Waals surface area contributed by atoms with E-state index >= 15 is 0 Å². The maximum atomic E-state index is 11.6. The lowest BCUT2D eigenvalue weighted by molar-refractivity contribution is -0.0459. The van der Waals surface area contributed by atoms with Crippen LogP contribution in [0.3, 0.4) is 0 Å². The SMILES string of the molecule is Cc1cn([C@H]2C[C@H](O)[C@@H](CO)O2)c(=O)[nH]c1=O.O=P(O)(O)OP(=O)(O)OP(=O)(O)O. The molecule has 20 heteroatoms. The maximum Gasteiger partial charge on any atom is 0.490 e. The Labute approximate surface area is 166 Å². The lowest BCUT2D eigenvalue weighted by atomic mass is 10.2. The van der Waals surface area contributed by atoms with Gasteiger partial charge < -0.3 is 39.4 Å². The lowest BCUT2D eigenvalue weighted by Crippen LogP contribution is -2.33. The van der Waals surface area contributed by atoms with Crippen LogP contribution in [0.15, 0.2) is 15.8 Å². The molecule has 30 heavy (non-hydrogen) atoms. The molecule has 1 fully saturated rings. The number of rotatable bonds is 6. The highest BCUT2D eigenvalue weighted by Gasteiger charge is 2.38. The molecule has 0 saturated carbocycles. The predicted molar refractivity (Wildman–Crippen MR) is 93.8 cm³/mol. The summed E-state index contributed by atoms with van der Waals surface area (Å²) < 4.78 is 42.9. The quantitative estimate of drug-likeness (QED) is 0.192. The van der Waals surface area contributed by atoms with Crippen LogP contribution in [0.25, 0.3) is 0 Å². The Kier molecular flexibility index (Phi) is 9.06. The summed E-state index contributed by atoms with van der Waals surface area (Å²) >= 11 is 0. The zero-order valence-corrected chi connectivity index (χ0v) is 17.6. The van der Waals surface area contributed by atoms with Crippen LogP contribution in [0.4, 0.5) is 0 Å².